The molecule has 0 bridgehead atoms. The minimum atomic E-state index is -2.60. The predicted octanol–water partition coefficient (Wildman–Crippen LogP) is -21.0. The van der Waals surface area contributed by atoms with Gasteiger partial charge < -0.3 is 249 Å². The molecule has 1 amide bonds. The average Bonchev–Trinajstić information content (AvgIpc) is 0.773. The van der Waals surface area contributed by atoms with Gasteiger partial charge in [-0.05, 0) is 5.53 Å². The SMILES string of the molecule is CC(=O)NC1C(N=[N+]=[N-])OC(CO)[C@@H](O[C@@H]2OC(CO[C@@H]3OC(CO[C@H]4OC(CO)[C@@H](O)[C@H](O)C4O[C@H]4OC(CO)[C@@H](O)[C@H](O)C4O)[C@@H](O)[C@H](O[C@H]4O[C@@H](CO)[C@@H](O)C(O)C4O[C@H]4O[C@@H](CO)[C@@H](O)C(O)C4O)C3O)[C@@H](O)C(O[C@H]3O[C@@H](CO)[C@@H](O)C(O)C3O[C@H]3O[C@@H](CO)[C@@H](O)C(O)C3O[C@H]3OC(CO)(CO)CC(O)C3O)C2O)C1O. The zero-order chi connectivity index (χ0) is 85.8. The van der Waals surface area contributed by atoms with E-state index in [-0.39, 0.29) is 0 Å². The number of carbonyl (C=O) groups is 1. The van der Waals surface area contributed by atoms with Crippen LogP contribution in [0.1, 0.15) is 13.3 Å². The number of aliphatic hydroxyl groups excluding tert-OH is 30. The van der Waals surface area contributed by atoms with Gasteiger partial charge in [0.05, 0.1) is 84.8 Å². The molecule has 48 atom stereocenters. The number of ether oxygens (including phenoxy) is 19. The highest BCUT2D eigenvalue weighted by Gasteiger charge is 2.61. The van der Waals surface area contributed by atoms with Gasteiger partial charge in [-0.1, -0.05) is 5.11 Å². The smallest absolute Gasteiger partial charge is 0.217 e. The standard InChI is InChI=1S/C63H106N4O50/c1-14(77)65-25-35(88)46(22(9-74)101-53(25)66-67-64)110-57-45(98)48(112-61-52(41(94)32(85)20(7-72)106-61)116-62-51(40(93)31(84)21(8-73)107-62)115-58-26(79)15(78)2-63(12-75,13-76)117-58)34(87)24(109-57)10-99-54-44(97)47(111-60-50(39(92)30(83)19(6-71)105-60)114-56-43(96)37(90)28(81)17(4-69)103-56)33(86)23(108-54)11-100-59-49(38(91)29(82)18(5-70)104-59)113-55-42(95)36(89)27(80)16(3-68)102-55/h15-62,68-76,78-98H,2-13H2,1H3,(H,65,77)/t15?,16?,17-,18?,19-,20-,21-,22?,23?,24?,25?,26?,27+,28+,29+,30+,31+,32+,33+,34+,35?,36-,37?,38-,39?,40?,41?,42?,43?,44?,45?,46+,47-,48?,49?,50?,51?,52?,53?,54+,55+,56+,57-,58-,59-,60+,61+,62+/m0/s1. The number of hydrogen-bond donors (Lipinski definition) is 31. The third kappa shape index (κ3) is 20.5. The molecule has 10 fully saturated rings. The largest absolute Gasteiger partial charge is 0.394 e. The van der Waals surface area contributed by atoms with Crippen LogP contribution in [0.5, 0.6) is 0 Å². The van der Waals surface area contributed by atoms with Crippen LogP contribution in [0.15, 0.2) is 5.11 Å². The van der Waals surface area contributed by atoms with Crippen LogP contribution in [0.3, 0.4) is 0 Å². The van der Waals surface area contributed by atoms with Gasteiger partial charge in [-0.2, -0.15) is 0 Å². The molecule has 10 rings (SSSR count). The zero-order valence-corrected chi connectivity index (χ0v) is 61.6. The summed E-state index contributed by atoms with van der Waals surface area (Å²) < 4.78 is 112. The number of nitrogens with one attached hydrogen (secondary N) is 1. The molecular formula is C63H106N4O50. The van der Waals surface area contributed by atoms with Gasteiger partial charge in [-0.3, -0.25) is 4.79 Å². The van der Waals surface area contributed by atoms with Crippen molar-refractivity contribution in [2.45, 2.75) is 314 Å². The van der Waals surface area contributed by atoms with Crippen molar-refractivity contribution in [3.05, 3.63) is 10.4 Å². The van der Waals surface area contributed by atoms with Gasteiger partial charge in [0, 0.05) is 18.3 Å². The summed E-state index contributed by atoms with van der Waals surface area (Å²) in [4.78, 5) is 15.2. The molecule has 0 aromatic carbocycles. The van der Waals surface area contributed by atoms with Crippen molar-refractivity contribution in [1.82, 2.24) is 5.32 Å². The second-order valence-corrected chi connectivity index (χ2v) is 29.6. The minimum absolute atomic E-state index is 0.610. The summed E-state index contributed by atoms with van der Waals surface area (Å²) in [7, 11) is 0. The Hall–Kier alpha value is -3.18. The van der Waals surface area contributed by atoms with E-state index < -0.39 is 385 Å². The summed E-state index contributed by atoms with van der Waals surface area (Å²) in [6.45, 7) is -11.4. The van der Waals surface area contributed by atoms with Gasteiger partial charge in [-0.25, -0.2) is 0 Å². The van der Waals surface area contributed by atoms with Crippen molar-refractivity contribution in [3.63, 3.8) is 0 Å². The Morgan fingerprint density at radius 1 is 0.333 bits per heavy atom. The van der Waals surface area contributed by atoms with Crippen molar-refractivity contribution >= 4 is 5.91 Å². The van der Waals surface area contributed by atoms with E-state index in [1.807, 2.05) is 0 Å². The van der Waals surface area contributed by atoms with Crippen LogP contribution in [-0.4, -0.2) is 532 Å². The molecule has 10 aliphatic heterocycles. The highest BCUT2D eigenvalue weighted by Crippen LogP contribution is 2.41. The number of aliphatic hydroxyl groups is 30. The fourth-order valence-corrected chi connectivity index (χ4v) is 14.9. The van der Waals surface area contributed by atoms with E-state index in [2.05, 4.69) is 15.3 Å². The Morgan fingerprint density at radius 2 is 0.641 bits per heavy atom. The minimum Gasteiger partial charge on any atom is -0.394 e. The van der Waals surface area contributed by atoms with Crippen molar-refractivity contribution in [2.75, 3.05) is 72.7 Å². The lowest BCUT2D eigenvalue weighted by Crippen LogP contribution is -2.69. The molecule has 0 aliphatic carbocycles. The Bertz CT molecular complexity index is 3100. The second kappa shape index (κ2) is 41.7. The summed E-state index contributed by atoms with van der Waals surface area (Å²) in [5.74, 6) is -0.888. The summed E-state index contributed by atoms with van der Waals surface area (Å²) in [5, 5.41) is 338. The third-order valence-electron chi connectivity index (χ3n) is 21.8. The first-order chi connectivity index (χ1) is 55.5. The molecule has 0 radical (unpaired) electrons. The summed E-state index contributed by atoms with van der Waals surface area (Å²) >= 11 is 0. The first-order valence-corrected chi connectivity index (χ1v) is 37.0. The monoisotopic (exact) mass is 1720 g/mol. The van der Waals surface area contributed by atoms with Gasteiger partial charge in [0.2, 0.25) is 5.91 Å². The maximum atomic E-state index is 12.7. The van der Waals surface area contributed by atoms with E-state index in [1.54, 1.807) is 0 Å². The first-order valence-electron chi connectivity index (χ1n) is 37.0. The molecule has 0 spiro atoms. The van der Waals surface area contributed by atoms with E-state index in [0.29, 0.717) is 0 Å². The lowest BCUT2D eigenvalue weighted by atomic mass is 9.91. The fourth-order valence-electron chi connectivity index (χ4n) is 14.9. The third-order valence-corrected chi connectivity index (χ3v) is 21.8. The summed E-state index contributed by atoms with van der Waals surface area (Å²) in [5.41, 5.74) is 7.38. The summed E-state index contributed by atoms with van der Waals surface area (Å²) in [6.07, 6.45) is -103. The van der Waals surface area contributed by atoms with Crippen molar-refractivity contribution < 1.29 is 248 Å². The number of rotatable bonds is 31. The van der Waals surface area contributed by atoms with Crippen LogP contribution in [0.25, 0.3) is 10.4 Å². The highest BCUT2D eigenvalue weighted by molar-refractivity contribution is 5.73. The van der Waals surface area contributed by atoms with Gasteiger partial charge in [0.25, 0.3) is 0 Å². The molecule has 23 unspecified atom stereocenters. The van der Waals surface area contributed by atoms with Crippen molar-refractivity contribution in [2.24, 2.45) is 5.11 Å². The molecule has 0 aromatic heterocycles. The Labute approximate surface area is 659 Å². The molecule has 678 valence electrons. The normalized spacial score (nSPS) is 50.6. The fraction of sp³-hybridized carbons (Fsp3) is 0.984. The Morgan fingerprint density at radius 3 is 1.03 bits per heavy atom. The van der Waals surface area contributed by atoms with Gasteiger partial charge in [0.15, 0.2) is 62.8 Å². The average molecular weight is 1720 g/mol. The van der Waals surface area contributed by atoms with Gasteiger partial charge >= 0.3 is 0 Å². The maximum absolute atomic E-state index is 12.7. The van der Waals surface area contributed by atoms with E-state index >= 15 is 0 Å². The first kappa shape index (κ1) is 96.0. The van der Waals surface area contributed by atoms with Crippen LogP contribution >= 0.6 is 0 Å². The van der Waals surface area contributed by atoms with Crippen LogP contribution in [0.2, 0.25) is 0 Å². The van der Waals surface area contributed by atoms with Gasteiger partial charge in [-0.15, -0.1) is 0 Å². The number of amides is 1. The molecular weight excluding hydrogens is 1610 g/mol. The molecule has 10 heterocycles. The summed E-state index contributed by atoms with van der Waals surface area (Å²) in [6, 6.07) is -1.77. The number of azide groups is 1. The van der Waals surface area contributed by atoms with Crippen LogP contribution < -0.4 is 5.32 Å². The molecule has 0 aromatic rings. The molecule has 10 saturated heterocycles. The molecule has 54 nitrogen and oxygen atoms in total. The Kier molecular flexibility index (Phi) is 34.3. The number of nitrogens with zero attached hydrogens (tertiary/aromatic N) is 3. The lowest BCUT2D eigenvalue weighted by molar-refractivity contribution is -0.409. The maximum Gasteiger partial charge on any atom is 0.217 e. The van der Waals surface area contributed by atoms with Crippen LogP contribution in [-0.2, 0) is 94.8 Å². The molecule has 10 aliphatic rings. The highest BCUT2D eigenvalue weighted by atomic mass is 16.8. The quantitative estimate of drug-likeness (QED) is 0.0174. The lowest BCUT2D eigenvalue weighted by Gasteiger charge is -2.51. The van der Waals surface area contributed by atoms with Crippen LogP contribution in [0, 0.1) is 0 Å². The number of carbonyl (C=O) groups excluding carboxylic acids is 1. The number of hydrogen-bond acceptors (Lipinski definition) is 51. The molecule has 31 N–H and O–H groups in total. The predicted molar refractivity (Wildman–Crippen MR) is 353 cm³/mol. The van der Waals surface area contributed by atoms with Gasteiger partial charge in [0.1, 0.15) is 225 Å². The molecule has 0 saturated carbocycles. The van der Waals surface area contributed by atoms with Crippen molar-refractivity contribution in [1.29, 1.82) is 0 Å². The molecule has 117 heavy (non-hydrogen) atoms. The molecule has 54 heteroatoms. The Balaban J connectivity index is 1.01. The topological polar surface area (TPSA) is 860 Å². The van der Waals surface area contributed by atoms with E-state index in [0.717, 1.165) is 6.92 Å². The van der Waals surface area contributed by atoms with E-state index in [9.17, 15) is 164 Å². The van der Waals surface area contributed by atoms with E-state index in [4.69, 9.17) is 90.0 Å². The second-order valence-electron chi connectivity index (χ2n) is 29.6. The zero-order valence-electron chi connectivity index (χ0n) is 61.6. The van der Waals surface area contributed by atoms with Crippen molar-refractivity contribution in [3.8, 4) is 0 Å². The van der Waals surface area contributed by atoms with Crippen LogP contribution in [0.4, 0.5) is 0 Å². The van der Waals surface area contributed by atoms with E-state index in [1.165, 1.54) is 0 Å².